The lowest BCUT2D eigenvalue weighted by Gasteiger charge is -2.37. The molecule has 0 aliphatic carbocycles. The van der Waals surface area contributed by atoms with Crippen LogP contribution in [0.4, 0.5) is 0 Å². The second kappa shape index (κ2) is 11.1. The fourth-order valence-electron chi connectivity index (χ4n) is 5.02. The van der Waals surface area contributed by atoms with Gasteiger partial charge in [-0.25, -0.2) is 0 Å². The Kier molecular flexibility index (Phi) is 7.49. The zero-order chi connectivity index (χ0) is 24.0. The number of ether oxygens (including phenoxy) is 2. The van der Waals surface area contributed by atoms with Crippen LogP contribution in [0.2, 0.25) is 0 Å². The number of hydrogen-bond acceptors (Lipinski definition) is 6. The topological polar surface area (TPSA) is 74.4 Å². The maximum atomic E-state index is 12.9. The Bertz CT molecular complexity index is 1000. The summed E-state index contributed by atoms with van der Waals surface area (Å²) in [6.07, 6.45) is 1.34. The van der Waals surface area contributed by atoms with E-state index in [4.69, 9.17) is 9.47 Å². The number of benzene rings is 2. The van der Waals surface area contributed by atoms with Crippen LogP contribution in [0, 0.1) is 0 Å². The smallest absolute Gasteiger partial charge is 0.267 e. The van der Waals surface area contributed by atoms with E-state index >= 15 is 0 Å². The summed E-state index contributed by atoms with van der Waals surface area (Å²) < 4.78 is 11.6. The first-order valence-electron chi connectivity index (χ1n) is 12.6. The SMILES string of the molecule is O=C(CN1CCN(C(=O)[C@H]2COc3ccccc3O2)CC1)NC1CCN(Cc2ccccc2)CC1. The number of hydrogen-bond donors (Lipinski definition) is 1. The number of rotatable bonds is 6. The van der Waals surface area contributed by atoms with Gasteiger partial charge in [0.2, 0.25) is 12.0 Å². The van der Waals surface area contributed by atoms with Crippen molar-refractivity contribution in [2.24, 2.45) is 0 Å². The largest absolute Gasteiger partial charge is 0.485 e. The minimum atomic E-state index is -0.618. The standard InChI is InChI=1S/C27H34N4O4/c32-26(28-22-10-12-29(13-11-22)18-21-6-2-1-3-7-21)19-30-14-16-31(17-15-30)27(33)25-20-34-23-8-4-5-9-24(23)35-25/h1-9,22,25H,10-20H2,(H,28,32)/t25-/m1/s1. The van der Waals surface area contributed by atoms with Gasteiger partial charge in [-0.1, -0.05) is 42.5 Å². The molecule has 186 valence electrons. The monoisotopic (exact) mass is 478 g/mol. The Morgan fingerprint density at radius 3 is 2.26 bits per heavy atom. The normalized spacial score (nSPS) is 21.5. The predicted molar refractivity (Wildman–Crippen MR) is 132 cm³/mol. The molecule has 8 nitrogen and oxygen atoms in total. The third-order valence-corrected chi connectivity index (χ3v) is 7.04. The van der Waals surface area contributed by atoms with E-state index in [0.29, 0.717) is 44.2 Å². The summed E-state index contributed by atoms with van der Waals surface area (Å²) in [5.74, 6) is 1.31. The third-order valence-electron chi connectivity index (χ3n) is 7.04. The fourth-order valence-corrected chi connectivity index (χ4v) is 5.02. The van der Waals surface area contributed by atoms with Crippen LogP contribution in [0.25, 0.3) is 0 Å². The van der Waals surface area contributed by atoms with Gasteiger partial charge in [-0.05, 0) is 30.5 Å². The van der Waals surface area contributed by atoms with Crippen molar-refractivity contribution in [2.45, 2.75) is 31.5 Å². The number of piperidine rings is 1. The summed E-state index contributed by atoms with van der Waals surface area (Å²) in [5, 5.41) is 3.22. The van der Waals surface area contributed by atoms with Gasteiger partial charge in [0.1, 0.15) is 6.61 Å². The summed E-state index contributed by atoms with van der Waals surface area (Å²) in [6.45, 7) is 6.10. The molecule has 0 radical (unpaired) electrons. The summed E-state index contributed by atoms with van der Waals surface area (Å²) in [6, 6.07) is 18.2. The maximum absolute atomic E-state index is 12.9. The van der Waals surface area contributed by atoms with Crippen LogP contribution >= 0.6 is 0 Å². The number of fused-ring (bicyclic) bond motifs is 1. The van der Waals surface area contributed by atoms with Crippen molar-refractivity contribution in [3.8, 4) is 11.5 Å². The average molecular weight is 479 g/mol. The molecule has 1 atom stereocenters. The van der Waals surface area contributed by atoms with Crippen molar-refractivity contribution in [1.29, 1.82) is 0 Å². The second-order valence-electron chi connectivity index (χ2n) is 9.57. The average Bonchev–Trinajstić information content (AvgIpc) is 2.90. The van der Waals surface area contributed by atoms with Gasteiger partial charge in [0.15, 0.2) is 11.5 Å². The van der Waals surface area contributed by atoms with E-state index in [-0.39, 0.29) is 24.5 Å². The molecule has 2 amide bonds. The lowest BCUT2D eigenvalue weighted by atomic mass is 10.0. The van der Waals surface area contributed by atoms with Crippen molar-refractivity contribution >= 4 is 11.8 Å². The number of nitrogens with one attached hydrogen (secondary N) is 1. The highest BCUT2D eigenvalue weighted by Crippen LogP contribution is 2.31. The zero-order valence-electron chi connectivity index (χ0n) is 20.1. The number of nitrogens with zero attached hydrogens (tertiary/aromatic N) is 3. The number of likely N-dealkylation sites (tertiary alicyclic amines) is 1. The zero-order valence-corrected chi connectivity index (χ0v) is 20.1. The van der Waals surface area contributed by atoms with Gasteiger partial charge in [-0.15, -0.1) is 0 Å². The Morgan fingerprint density at radius 1 is 0.829 bits per heavy atom. The quantitative estimate of drug-likeness (QED) is 0.682. The molecule has 0 spiro atoms. The molecule has 0 saturated carbocycles. The maximum Gasteiger partial charge on any atom is 0.267 e. The van der Waals surface area contributed by atoms with Crippen molar-refractivity contribution in [1.82, 2.24) is 20.0 Å². The first-order chi connectivity index (χ1) is 17.1. The molecule has 0 aromatic heterocycles. The molecule has 0 bridgehead atoms. The molecule has 2 saturated heterocycles. The lowest BCUT2D eigenvalue weighted by Crippen LogP contribution is -2.55. The van der Waals surface area contributed by atoms with Gasteiger partial charge in [-0.2, -0.15) is 0 Å². The summed E-state index contributed by atoms with van der Waals surface area (Å²) in [7, 11) is 0. The Labute approximate surface area is 206 Å². The highest BCUT2D eigenvalue weighted by atomic mass is 16.6. The van der Waals surface area contributed by atoms with Gasteiger partial charge < -0.3 is 19.7 Å². The van der Waals surface area contributed by atoms with Crippen molar-refractivity contribution in [3.05, 3.63) is 60.2 Å². The van der Waals surface area contributed by atoms with E-state index < -0.39 is 6.10 Å². The number of carbonyl (C=O) groups is 2. The molecular weight excluding hydrogens is 444 g/mol. The van der Waals surface area contributed by atoms with Crippen molar-refractivity contribution < 1.29 is 19.1 Å². The molecule has 2 fully saturated rings. The van der Waals surface area contributed by atoms with Gasteiger partial charge in [0, 0.05) is 51.9 Å². The first kappa shape index (κ1) is 23.6. The van der Waals surface area contributed by atoms with E-state index in [1.807, 2.05) is 35.2 Å². The van der Waals surface area contributed by atoms with Gasteiger partial charge >= 0.3 is 0 Å². The third kappa shape index (κ3) is 6.13. The molecule has 1 N–H and O–H groups in total. The Morgan fingerprint density at radius 2 is 1.51 bits per heavy atom. The second-order valence-corrected chi connectivity index (χ2v) is 9.57. The number of piperazine rings is 1. The lowest BCUT2D eigenvalue weighted by molar-refractivity contribution is -0.143. The van der Waals surface area contributed by atoms with E-state index in [9.17, 15) is 9.59 Å². The van der Waals surface area contributed by atoms with E-state index in [0.717, 1.165) is 32.5 Å². The molecule has 2 aromatic carbocycles. The predicted octanol–water partition coefficient (Wildman–Crippen LogP) is 1.75. The molecule has 3 heterocycles. The van der Waals surface area contributed by atoms with Crippen LogP contribution < -0.4 is 14.8 Å². The van der Waals surface area contributed by atoms with Crippen molar-refractivity contribution in [3.63, 3.8) is 0 Å². The molecular formula is C27H34N4O4. The molecule has 8 heteroatoms. The van der Waals surface area contributed by atoms with Crippen LogP contribution in [-0.4, -0.2) is 91.1 Å². The van der Waals surface area contributed by atoms with Gasteiger partial charge in [0.25, 0.3) is 5.91 Å². The van der Waals surface area contributed by atoms with Crippen molar-refractivity contribution in [2.75, 3.05) is 52.4 Å². The minimum absolute atomic E-state index is 0.0501. The van der Waals surface area contributed by atoms with E-state index in [1.165, 1.54) is 5.56 Å². The number of amides is 2. The fraction of sp³-hybridized carbons (Fsp3) is 0.481. The van der Waals surface area contributed by atoms with E-state index in [2.05, 4.69) is 39.4 Å². The highest BCUT2D eigenvalue weighted by Gasteiger charge is 2.33. The number of carbonyl (C=O) groups excluding carboxylic acids is 2. The molecule has 3 aliphatic heterocycles. The molecule has 0 unspecified atom stereocenters. The van der Waals surface area contributed by atoms with Gasteiger partial charge in [-0.3, -0.25) is 19.4 Å². The van der Waals surface area contributed by atoms with Crippen LogP contribution in [0.3, 0.4) is 0 Å². The van der Waals surface area contributed by atoms with Gasteiger partial charge in [0.05, 0.1) is 6.54 Å². The molecule has 2 aromatic rings. The number of para-hydroxylation sites is 2. The molecule has 3 aliphatic rings. The molecule has 5 rings (SSSR count). The van der Waals surface area contributed by atoms with E-state index in [1.54, 1.807) is 0 Å². The highest BCUT2D eigenvalue weighted by molar-refractivity contribution is 5.82. The van der Waals surface area contributed by atoms with Crippen LogP contribution in [0.1, 0.15) is 18.4 Å². The summed E-state index contributed by atoms with van der Waals surface area (Å²) in [4.78, 5) is 32.0. The minimum Gasteiger partial charge on any atom is -0.485 e. The van der Waals surface area contributed by atoms with Crippen LogP contribution in [0.15, 0.2) is 54.6 Å². The van der Waals surface area contributed by atoms with Crippen LogP contribution in [0.5, 0.6) is 11.5 Å². The Balaban J connectivity index is 1.00. The first-order valence-corrected chi connectivity index (χ1v) is 12.6. The summed E-state index contributed by atoms with van der Waals surface area (Å²) in [5.41, 5.74) is 1.33. The molecule has 35 heavy (non-hydrogen) atoms. The Hall–Kier alpha value is -3.10. The summed E-state index contributed by atoms with van der Waals surface area (Å²) >= 11 is 0. The van der Waals surface area contributed by atoms with Crippen LogP contribution in [-0.2, 0) is 16.1 Å².